The maximum Gasteiger partial charge on any atom is 0.0568 e. The van der Waals surface area contributed by atoms with E-state index in [2.05, 4.69) is 0 Å². The van der Waals surface area contributed by atoms with Gasteiger partial charge in [-0.1, -0.05) is 25.7 Å². The molecular formula is C12H24O2. The predicted molar refractivity (Wildman–Crippen MR) is 58.3 cm³/mol. The summed E-state index contributed by atoms with van der Waals surface area (Å²) in [5, 5.41) is 9.87. The van der Waals surface area contributed by atoms with Crippen LogP contribution >= 0.6 is 0 Å². The molecule has 1 aliphatic carbocycles. The highest BCUT2D eigenvalue weighted by Crippen LogP contribution is 2.29. The Balaban J connectivity index is 1.94. The molecule has 2 heteroatoms. The lowest BCUT2D eigenvalue weighted by molar-refractivity contribution is 0.0978. The fourth-order valence-corrected chi connectivity index (χ4v) is 2.35. The molecule has 1 N–H and O–H groups in total. The molecule has 0 aromatic heterocycles. The molecule has 0 heterocycles. The minimum absolute atomic E-state index is 0.0277. The van der Waals surface area contributed by atoms with Gasteiger partial charge in [0, 0.05) is 13.7 Å². The number of aliphatic hydroxyl groups excluding tert-OH is 1. The van der Waals surface area contributed by atoms with Crippen molar-refractivity contribution in [3.8, 4) is 0 Å². The third-order valence-electron chi connectivity index (χ3n) is 3.29. The molecule has 0 aromatic carbocycles. The van der Waals surface area contributed by atoms with Crippen molar-refractivity contribution in [2.24, 2.45) is 5.92 Å². The lowest BCUT2D eigenvalue weighted by atomic mass is 9.96. The minimum atomic E-state index is -0.0277. The predicted octanol–water partition coefficient (Wildman–Crippen LogP) is 2.74. The van der Waals surface area contributed by atoms with Crippen LogP contribution in [-0.2, 0) is 4.74 Å². The van der Waals surface area contributed by atoms with Crippen molar-refractivity contribution in [2.45, 2.75) is 57.5 Å². The van der Waals surface area contributed by atoms with Gasteiger partial charge in [0.25, 0.3) is 0 Å². The van der Waals surface area contributed by atoms with Gasteiger partial charge in [0.15, 0.2) is 0 Å². The second kappa shape index (κ2) is 7.24. The van der Waals surface area contributed by atoms with Gasteiger partial charge in [-0.15, -0.1) is 0 Å². The molecular weight excluding hydrogens is 176 g/mol. The summed E-state index contributed by atoms with van der Waals surface area (Å²) in [6.07, 6.45) is 9.59. The van der Waals surface area contributed by atoms with Gasteiger partial charge in [0.2, 0.25) is 0 Å². The Labute approximate surface area is 87.7 Å². The number of unbranched alkanes of at least 4 members (excludes halogenated alkanes) is 2. The Bertz CT molecular complexity index is 130. The lowest BCUT2D eigenvalue weighted by Crippen LogP contribution is -2.17. The van der Waals surface area contributed by atoms with Crippen molar-refractivity contribution in [3.63, 3.8) is 0 Å². The normalized spacial score (nSPS) is 20.1. The molecule has 1 unspecified atom stereocenters. The molecule has 0 aromatic rings. The van der Waals surface area contributed by atoms with E-state index in [1.807, 2.05) is 0 Å². The van der Waals surface area contributed by atoms with Gasteiger partial charge >= 0.3 is 0 Å². The lowest BCUT2D eigenvalue weighted by Gasteiger charge is -2.17. The molecule has 1 atom stereocenters. The van der Waals surface area contributed by atoms with Crippen LogP contribution in [0, 0.1) is 5.92 Å². The highest BCUT2D eigenvalue weighted by Gasteiger charge is 2.22. The molecule has 84 valence electrons. The molecule has 1 saturated carbocycles. The highest BCUT2D eigenvalue weighted by molar-refractivity contribution is 4.74. The molecule has 0 saturated heterocycles. The number of hydrogen-bond acceptors (Lipinski definition) is 2. The first-order chi connectivity index (χ1) is 6.84. The summed E-state index contributed by atoms with van der Waals surface area (Å²) < 4.78 is 4.99. The third kappa shape index (κ3) is 4.43. The van der Waals surface area contributed by atoms with E-state index in [0.29, 0.717) is 5.92 Å². The SMILES string of the molecule is COCCCCCC(O)C1CCCC1. The van der Waals surface area contributed by atoms with Crippen LogP contribution in [0.25, 0.3) is 0 Å². The molecule has 0 amide bonds. The number of methoxy groups -OCH3 is 1. The van der Waals surface area contributed by atoms with Gasteiger partial charge < -0.3 is 9.84 Å². The monoisotopic (exact) mass is 200 g/mol. The standard InChI is InChI=1S/C12H24O2/c1-14-10-6-2-3-9-12(13)11-7-4-5-8-11/h11-13H,2-10H2,1H3. The number of rotatable bonds is 7. The van der Waals surface area contributed by atoms with Crippen LogP contribution in [0.5, 0.6) is 0 Å². The summed E-state index contributed by atoms with van der Waals surface area (Å²) in [6.45, 7) is 0.861. The van der Waals surface area contributed by atoms with Crippen molar-refractivity contribution >= 4 is 0 Å². The fourth-order valence-electron chi connectivity index (χ4n) is 2.35. The summed E-state index contributed by atoms with van der Waals surface area (Å²) in [6, 6.07) is 0. The van der Waals surface area contributed by atoms with E-state index in [4.69, 9.17) is 4.74 Å². The second-order valence-electron chi connectivity index (χ2n) is 4.45. The molecule has 1 rings (SSSR count). The Morgan fingerprint density at radius 1 is 1.21 bits per heavy atom. The van der Waals surface area contributed by atoms with E-state index in [9.17, 15) is 5.11 Å². The number of hydrogen-bond donors (Lipinski definition) is 1. The average Bonchev–Trinajstić information content (AvgIpc) is 2.70. The number of aliphatic hydroxyl groups is 1. The van der Waals surface area contributed by atoms with E-state index in [0.717, 1.165) is 25.9 Å². The summed E-state index contributed by atoms with van der Waals surface area (Å²) >= 11 is 0. The Hall–Kier alpha value is -0.0800. The van der Waals surface area contributed by atoms with Crippen molar-refractivity contribution in [2.75, 3.05) is 13.7 Å². The Morgan fingerprint density at radius 2 is 1.93 bits per heavy atom. The largest absolute Gasteiger partial charge is 0.393 e. The molecule has 0 spiro atoms. The highest BCUT2D eigenvalue weighted by atomic mass is 16.5. The van der Waals surface area contributed by atoms with E-state index < -0.39 is 0 Å². The van der Waals surface area contributed by atoms with Gasteiger partial charge in [-0.2, -0.15) is 0 Å². The van der Waals surface area contributed by atoms with E-state index in [1.165, 1.54) is 32.1 Å². The Morgan fingerprint density at radius 3 is 2.57 bits per heavy atom. The van der Waals surface area contributed by atoms with Crippen LogP contribution in [0.15, 0.2) is 0 Å². The van der Waals surface area contributed by atoms with Gasteiger partial charge in [-0.3, -0.25) is 0 Å². The van der Waals surface area contributed by atoms with Crippen LogP contribution in [0.3, 0.4) is 0 Å². The zero-order valence-corrected chi connectivity index (χ0v) is 9.37. The smallest absolute Gasteiger partial charge is 0.0568 e. The average molecular weight is 200 g/mol. The van der Waals surface area contributed by atoms with Gasteiger partial charge in [0.05, 0.1) is 6.10 Å². The van der Waals surface area contributed by atoms with Crippen molar-refractivity contribution in [1.82, 2.24) is 0 Å². The quantitative estimate of drug-likeness (QED) is 0.640. The first-order valence-corrected chi connectivity index (χ1v) is 6.01. The van der Waals surface area contributed by atoms with Crippen LogP contribution in [0.4, 0.5) is 0 Å². The van der Waals surface area contributed by atoms with Crippen LogP contribution in [-0.4, -0.2) is 24.9 Å². The van der Waals surface area contributed by atoms with Crippen LogP contribution < -0.4 is 0 Å². The molecule has 0 radical (unpaired) electrons. The van der Waals surface area contributed by atoms with E-state index in [1.54, 1.807) is 7.11 Å². The van der Waals surface area contributed by atoms with Crippen molar-refractivity contribution in [3.05, 3.63) is 0 Å². The van der Waals surface area contributed by atoms with Crippen LogP contribution in [0.2, 0.25) is 0 Å². The number of ether oxygens (including phenoxy) is 1. The summed E-state index contributed by atoms with van der Waals surface area (Å²) in [5.41, 5.74) is 0. The zero-order valence-electron chi connectivity index (χ0n) is 9.37. The fraction of sp³-hybridized carbons (Fsp3) is 1.00. The van der Waals surface area contributed by atoms with Crippen molar-refractivity contribution in [1.29, 1.82) is 0 Å². The van der Waals surface area contributed by atoms with Gasteiger partial charge in [0.1, 0.15) is 0 Å². The first-order valence-electron chi connectivity index (χ1n) is 6.01. The molecule has 1 fully saturated rings. The topological polar surface area (TPSA) is 29.5 Å². The minimum Gasteiger partial charge on any atom is -0.393 e. The molecule has 0 aliphatic heterocycles. The first kappa shape index (κ1) is 12.0. The van der Waals surface area contributed by atoms with E-state index in [-0.39, 0.29) is 6.10 Å². The molecule has 2 nitrogen and oxygen atoms in total. The summed E-state index contributed by atoms with van der Waals surface area (Å²) in [4.78, 5) is 0. The zero-order chi connectivity index (χ0) is 10.2. The Kier molecular flexibility index (Phi) is 6.20. The molecule has 14 heavy (non-hydrogen) atoms. The summed E-state index contributed by atoms with van der Waals surface area (Å²) in [7, 11) is 1.74. The molecule has 0 bridgehead atoms. The third-order valence-corrected chi connectivity index (χ3v) is 3.29. The summed E-state index contributed by atoms with van der Waals surface area (Å²) in [5.74, 6) is 0.609. The maximum absolute atomic E-state index is 9.87. The second-order valence-corrected chi connectivity index (χ2v) is 4.45. The van der Waals surface area contributed by atoms with Crippen LogP contribution in [0.1, 0.15) is 51.4 Å². The molecule has 1 aliphatic rings. The van der Waals surface area contributed by atoms with Crippen molar-refractivity contribution < 1.29 is 9.84 Å². The van der Waals surface area contributed by atoms with Gasteiger partial charge in [-0.25, -0.2) is 0 Å². The van der Waals surface area contributed by atoms with E-state index >= 15 is 0 Å². The maximum atomic E-state index is 9.87. The van der Waals surface area contributed by atoms with Gasteiger partial charge in [-0.05, 0) is 31.6 Å².